The molecule has 0 unspecified atom stereocenters. The molecule has 1 saturated carbocycles. The molecule has 4 rings (SSSR count). The Labute approximate surface area is 160 Å². The topological polar surface area (TPSA) is 49.4 Å². The molecule has 1 heterocycles. The number of rotatable bonds is 4. The quantitative estimate of drug-likeness (QED) is 0.877. The molecule has 0 saturated heterocycles. The van der Waals surface area contributed by atoms with Gasteiger partial charge in [-0.15, -0.1) is 0 Å². The Morgan fingerprint density at radius 1 is 1.00 bits per heavy atom. The lowest BCUT2D eigenvalue weighted by molar-refractivity contribution is -0.127. The van der Waals surface area contributed by atoms with Crippen LogP contribution in [0.15, 0.2) is 54.6 Å². The summed E-state index contributed by atoms with van der Waals surface area (Å²) in [5, 5.41) is 3.23. The van der Waals surface area contributed by atoms with Gasteiger partial charge in [-0.3, -0.25) is 9.59 Å². The van der Waals surface area contributed by atoms with Gasteiger partial charge in [-0.1, -0.05) is 67.8 Å². The molecular weight excluding hydrogens is 336 g/mol. The van der Waals surface area contributed by atoms with Crippen LogP contribution in [0.3, 0.4) is 0 Å². The van der Waals surface area contributed by atoms with Crippen LogP contribution in [0.1, 0.15) is 72.6 Å². The molecule has 0 aromatic heterocycles. The van der Waals surface area contributed by atoms with Gasteiger partial charge in [0.05, 0.1) is 6.04 Å². The normalized spacial score (nSPS) is 21.0. The first kappa shape index (κ1) is 17.8. The maximum Gasteiger partial charge on any atom is 0.255 e. The van der Waals surface area contributed by atoms with Crippen LogP contribution in [-0.2, 0) is 4.79 Å². The van der Waals surface area contributed by atoms with Crippen molar-refractivity contribution in [1.82, 2.24) is 10.2 Å². The maximum atomic E-state index is 13.3. The Kier molecular flexibility index (Phi) is 4.97. The van der Waals surface area contributed by atoms with E-state index in [2.05, 4.69) is 5.32 Å². The Bertz CT molecular complexity index is 827. The van der Waals surface area contributed by atoms with Crippen molar-refractivity contribution in [1.29, 1.82) is 0 Å². The molecule has 0 radical (unpaired) electrons. The third-order valence-electron chi connectivity index (χ3n) is 5.90. The molecule has 2 amide bonds. The first-order valence-corrected chi connectivity index (χ1v) is 9.93. The number of nitrogens with one attached hydrogen (secondary N) is 1. The molecule has 2 aromatic carbocycles. The molecule has 4 nitrogen and oxygen atoms in total. The lowest BCUT2D eigenvalue weighted by Gasteiger charge is -2.32. The summed E-state index contributed by atoms with van der Waals surface area (Å²) in [5.74, 6) is -0.117. The SMILES string of the molecule is C[C@H](c1ccccc1)N1C(=O)c2ccccc2[C@@H]1C(=O)NC1CCCCC1. The summed E-state index contributed by atoms with van der Waals surface area (Å²) < 4.78 is 0. The first-order valence-electron chi connectivity index (χ1n) is 9.93. The van der Waals surface area contributed by atoms with E-state index in [9.17, 15) is 9.59 Å². The molecule has 1 fully saturated rings. The Balaban J connectivity index is 1.66. The standard InChI is InChI=1S/C23H26N2O2/c1-16(17-10-4-2-5-11-17)25-21(19-14-8-9-15-20(19)23(25)27)22(26)24-18-12-6-3-7-13-18/h2,4-5,8-11,14-16,18,21H,3,6-7,12-13H2,1H3,(H,24,26)/t16-,21-/m1/s1. The summed E-state index contributed by atoms with van der Waals surface area (Å²) in [6, 6.07) is 16.9. The molecule has 140 valence electrons. The van der Waals surface area contributed by atoms with E-state index in [4.69, 9.17) is 0 Å². The number of fused-ring (bicyclic) bond motifs is 1. The zero-order valence-corrected chi connectivity index (χ0v) is 15.7. The zero-order chi connectivity index (χ0) is 18.8. The number of nitrogens with zero attached hydrogens (tertiary/aromatic N) is 1. The minimum atomic E-state index is -0.564. The van der Waals surface area contributed by atoms with E-state index < -0.39 is 6.04 Å². The Hall–Kier alpha value is -2.62. The smallest absolute Gasteiger partial charge is 0.255 e. The molecule has 2 aliphatic rings. The molecule has 2 aromatic rings. The van der Waals surface area contributed by atoms with Gasteiger partial charge in [-0.05, 0) is 37.0 Å². The van der Waals surface area contributed by atoms with Crippen molar-refractivity contribution in [2.24, 2.45) is 0 Å². The van der Waals surface area contributed by atoms with Crippen molar-refractivity contribution in [3.8, 4) is 0 Å². The molecule has 1 aliphatic heterocycles. The van der Waals surface area contributed by atoms with Crippen LogP contribution in [0.5, 0.6) is 0 Å². The van der Waals surface area contributed by atoms with E-state index in [0.29, 0.717) is 5.56 Å². The van der Waals surface area contributed by atoms with Crippen molar-refractivity contribution in [3.63, 3.8) is 0 Å². The highest BCUT2D eigenvalue weighted by Crippen LogP contribution is 2.40. The van der Waals surface area contributed by atoms with Gasteiger partial charge >= 0.3 is 0 Å². The van der Waals surface area contributed by atoms with Crippen LogP contribution in [0.25, 0.3) is 0 Å². The number of hydrogen-bond donors (Lipinski definition) is 1. The summed E-state index contributed by atoms with van der Waals surface area (Å²) in [6.45, 7) is 2.00. The van der Waals surface area contributed by atoms with Crippen LogP contribution in [0, 0.1) is 0 Å². The molecule has 0 bridgehead atoms. The van der Waals surface area contributed by atoms with Gasteiger partial charge in [0.2, 0.25) is 5.91 Å². The highest BCUT2D eigenvalue weighted by Gasteiger charge is 2.43. The third-order valence-corrected chi connectivity index (χ3v) is 5.90. The van der Waals surface area contributed by atoms with Crippen molar-refractivity contribution in [2.75, 3.05) is 0 Å². The summed E-state index contributed by atoms with van der Waals surface area (Å²) in [6.07, 6.45) is 5.63. The summed E-state index contributed by atoms with van der Waals surface area (Å²) >= 11 is 0. The summed E-state index contributed by atoms with van der Waals surface area (Å²) in [5.41, 5.74) is 2.50. The first-order chi connectivity index (χ1) is 13.2. The molecule has 1 N–H and O–H groups in total. The van der Waals surface area contributed by atoms with Crippen LogP contribution in [0.2, 0.25) is 0 Å². The fourth-order valence-electron chi connectivity index (χ4n) is 4.42. The maximum absolute atomic E-state index is 13.3. The van der Waals surface area contributed by atoms with Crippen molar-refractivity contribution in [2.45, 2.75) is 57.2 Å². The van der Waals surface area contributed by atoms with Gasteiger partial charge < -0.3 is 10.2 Å². The predicted molar refractivity (Wildman–Crippen MR) is 105 cm³/mol. The highest BCUT2D eigenvalue weighted by atomic mass is 16.2. The van der Waals surface area contributed by atoms with E-state index in [1.165, 1.54) is 6.42 Å². The number of benzene rings is 2. The fraction of sp³-hybridized carbons (Fsp3) is 0.391. The molecule has 2 atom stereocenters. The summed E-state index contributed by atoms with van der Waals surface area (Å²) in [4.78, 5) is 28.2. The zero-order valence-electron chi connectivity index (χ0n) is 15.7. The van der Waals surface area contributed by atoms with Gasteiger partial charge in [0, 0.05) is 11.6 Å². The van der Waals surface area contributed by atoms with E-state index in [1.807, 2.05) is 61.5 Å². The molecule has 4 heteroatoms. The van der Waals surface area contributed by atoms with Gasteiger partial charge in [-0.2, -0.15) is 0 Å². The van der Waals surface area contributed by atoms with E-state index >= 15 is 0 Å². The number of carbonyl (C=O) groups excluding carboxylic acids is 2. The van der Waals surface area contributed by atoms with E-state index in [0.717, 1.165) is 36.8 Å². The second-order valence-corrected chi connectivity index (χ2v) is 7.63. The van der Waals surface area contributed by atoms with Gasteiger partial charge in [0.15, 0.2) is 0 Å². The van der Waals surface area contributed by atoms with Crippen molar-refractivity contribution >= 4 is 11.8 Å². The van der Waals surface area contributed by atoms with Crippen LogP contribution in [0.4, 0.5) is 0 Å². The molecule has 0 spiro atoms. The van der Waals surface area contributed by atoms with Crippen LogP contribution < -0.4 is 5.32 Å². The summed E-state index contributed by atoms with van der Waals surface area (Å²) in [7, 11) is 0. The van der Waals surface area contributed by atoms with Gasteiger partial charge in [-0.25, -0.2) is 0 Å². The minimum Gasteiger partial charge on any atom is -0.351 e. The molecule has 27 heavy (non-hydrogen) atoms. The highest BCUT2D eigenvalue weighted by molar-refractivity contribution is 6.05. The van der Waals surface area contributed by atoms with E-state index in [-0.39, 0.29) is 23.9 Å². The average molecular weight is 362 g/mol. The largest absolute Gasteiger partial charge is 0.351 e. The lowest BCUT2D eigenvalue weighted by Crippen LogP contribution is -2.44. The number of amides is 2. The van der Waals surface area contributed by atoms with Gasteiger partial charge in [0.1, 0.15) is 6.04 Å². The van der Waals surface area contributed by atoms with E-state index in [1.54, 1.807) is 4.90 Å². The Morgan fingerprint density at radius 2 is 1.67 bits per heavy atom. The second kappa shape index (κ2) is 7.55. The Morgan fingerprint density at radius 3 is 2.41 bits per heavy atom. The average Bonchev–Trinajstić information content (AvgIpc) is 3.02. The van der Waals surface area contributed by atoms with Crippen molar-refractivity contribution < 1.29 is 9.59 Å². The number of hydrogen-bond acceptors (Lipinski definition) is 2. The van der Waals surface area contributed by atoms with Gasteiger partial charge in [0.25, 0.3) is 5.91 Å². The monoisotopic (exact) mass is 362 g/mol. The lowest BCUT2D eigenvalue weighted by atomic mass is 9.94. The number of carbonyl (C=O) groups is 2. The second-order valence-electron chi connectivity index (χ2n) is 7.63. The van der Waals surface area contributed by atoms with Crippen molar-refractivity contribution in [3.05, 3.63) is 71.3 Å². The molecule has 1 aliphatic carbocycles. The predicted octanol–water partition coefficient (Wildman–Crippen LogP) is 4.39. The van der Waals surface area contributed by atoms with Crippen LogP contribution >= 0.6 is 0 Å². The third kappa shape index (κ3) is 3.36. The molecular formula is C23H26N2O2. The fourth-order valence-corrected chi connectivity index (χ4v) is 4.42. The van der Waals surface area contributed by atoms with Crippen LogP contribution in [-0.4, -0.2) is 22.8 Å². The minimum absolute atomic E-state index is 0.0528.